The van der Waals surface area contributed by atoms with Crippen LogP contribution in [0.5, 0.6) is 0 Å². The maximum Gasteiger partial charge on any atom is 0.246 e. The van der Waals surface area contributed by atoms with Crippen LogP contribution in [0.3, 0.4) is 0 Å². The highest BCUT2D eigenvalue weighted by atomic mass is 32.2. The SMILES string of the molecule is C[C@@H](C(=O)N(C)Cc1ccccc1)N(c1ccccc1)S(C)(=O)=O. The Kier molecular flexibility index (Phi) is 5.62. The summed E-state index contributed by atoms with van der Waals surface area (Å²) in [6.45, 7) is 2.04. The van der Waals surface area contributed by atoms with Crippen LogP contribution in [0, 0.1) is 0 Å². The Labute approximate surface area is 143 Å². The number of rotatable bonds is 6. The molecule has 0 fully saturated rings. The molecule has 5 nitrogen and oxygen atoms in total. The molecule has 0 aromatic heterocycles. The standard InChI is InChI=1S/C18H22N2O3S/c1-15(18(21)19(2)14-16-10-6-4-7-11-16)20(24(3,22)23)17-12-8-5-9-13-17/h4-13,15H,14H2,1-3H3/t15-/m0/s1. The first-order valence-corrected chi connectivity index (χ1v) is 9.49. The van der Waals surface area contributed by atoms with E-state index >= 15 is 0 Å². The zero-order valence-electron chi connectivity index (χ0n) is 14.1. The van der Waals surface area contributed by atoms with Crippen molar-refractivity contribution in [1.82, 2.24) is 4.90 Å². The number of hydrogen-bond acceptors (Lipinski definition) is 3. The predicted molar refractivity (Wildman–Crippen MR) is 96.1 cm³/mol. The second-order valence-electron chi connectivity index (χ2n) is 5.75. The molecule has 1 amide bonds. The van der Waals surface area contributed by atoms with Gasteiger partial charge < -0.3 is 4.90 Å². The lowest BCUT2D eigenvalue weighted by atomic mass is 10.2. The zero-order chi connectivity index (χ0) is 17.7. The lowest BCUT2D eigenvalue weighted by Crippen LogP contribution is -2.48. The molecule has 0 aliphatic rings. The van der Waals surface area contributed by atoms with Gasteiger partial charge in [0.15, 0.2) is 0 Å². The van der Waals surface area contributed by atoms with Gasteiger partial charge in [-0.1, -0.05) is 48.5 Å². The predicted octanol–water partition coefficient (Wildman–Crippen LogP) is 2.50. The number of carbonyl (C=O) groups is 1. The quantitative estimate of drug-likeness (QED) is 0.807. The molecule has 0 N–H and O–H groups in total. The van der Waals surface area contributed by atoms with E-state index in [1.807, 2.05) is 30.3 Å². The summed E-state index contributed by atoms with van der Waals surface area (Å²) < 4.78 is 25.6. The summed E-state index contributed by atoms with van der Waals surface area (Å²) in [6.07, 6.45) is 1.11. The first kappa shape index (κ1) is 18.0. The van der Waals surface area contributed by atoms with Crippen molar-refractivity contribution in [1.29, 1.82) is 0 Å². The van der Waals surface area contributed by atoms with Crippen molar-refractivity contribution >= 4 is 21.6 Å². The second-order valence-corrected chi connectivity index (χ2v) is 7.61. The van der Waals surface area contributed by atoms with E-state index in [1.165, 1.54) is 0 Å². The highest BCUT2D eigenvalue weighted by Gasteiger charge is 2.30. The van der Waals surface area contributed by atoms with Crippen molar-refractivity contribution in [2.24, 2.45) is 0 Å². The van der Waals surface area contributed by atoms with Crippen molar-refractivity contribution in [3.63, 3.8) is 0 Å². The van der Waals surface area contributed by atoms with Gasteiger partial charge in [0, 0.05) is 13.6 Å². The summed E-state index contributed by atoms with van der Waals surface area (Å²) in [4.78, 5) is 14.3. The van der Waals surface area contributed by atoms with Crippen LogP contribution in [0.25, 0.3) is 0 Å². The van der Waals surface area contributed by atoms with Gasteiger partial charge in [0.1, 0.15) is 6.04 Å². The van der Waals surface area contributed by atoms with E-state index in [0.29, 0.717) is 12.2 Å². The van der Waals surface area contributed by atoms with Crippen molar-refractivity contribution in [3.05, 3.63) is 66.2 Å². The Hall–Kier alpha value is -2.34. The number of amides is 1. The van der Waals surface area contributed by atoms with Crippen LogP contribution >= 0.6 is 0 Å². The largest absolute Gasteiger partial charge is 0.340 e. The molecular weight excluding hydrogens is 324 g/mol. The molecule has 0 spiro atoms. The van der Waals surface area contributed by atoms with Crippen LogP contribution in [0.4, 0.5) is 5.69 Å². The van der Waals surface area contributed by atoms with Crippen LogP contribution < -0.4 is 4.31 Å². The fourth-order valence-electron chi connectivity index (χ4n) is 2.63. The third-order valence-electron chi connectivity index (χ3n) is 3.72. The summed E-state index contributed by atoms with van der Waals surface area (Å²) in [5, 5.41) is 0. The molecule has 0 saturated heterocycles. The Morgan fingerprint density at radius 2 is 1.50 bits per heavy atom. The monoisotopic (exact) mass is 346 g/mol. The molecule has 0 aliphatic heterocycles. The maximum atomic E-state index is 12.7. The second kappa shape index (κ2) is 7.49. The van der Waals surface area contributed by atoms with Gasteiger partial charge in [0.05, 0.1) is 11.9 Å². The number of sulfonamides is 1. The van der Waals surface area contributed by atoms with E-state index in [-0.39, 0.29) is 5.91 Å². The van der Waals surface area contributed by atoms with Crippen molar-refractivity contribution in [2.45, 2.75) is 19.5 Å². The molecule has 0 unspecified atom stereocenters. The van der Waals surface area contributed by atoms with Crippen LogP contribution in [-0.2, 0) is 21.4 Å². The van der Waals surface area contributed by atoms with E-state index in [4.69, 9.17) is 0 Å². The molecule has 2 aromatic rings. The van der Waals surface area contributed by atoms with E-state index in [1.54, 1.807) is 49.2 Å². The third-order valence-corrected chi connectivity index (χ3v) is 4.96. The average molecular weight is 346 g/mol. The van der Waals surface area contributed by atoms with Crippen molar-refractivity contribution in [3.8, 4) is 0 Å². The Balaban J connectivity index is 2.23. The molecule has 24 heavy (non-hydrogen) atoms. The number of anilines is 1. The van der Waals surface area contributed by atoms with E-state index in [2.05, 4.69) is 0 Å². The van der Waals surface area contributed by atoms with Gasteiger partial charge in [-0.05, 0) is 24.6 Å². The van der Waals surface area contributed by atoms with Gasteiger partial charge in [-0.15, -0.1) is 0 Å². The molecule has 0 aliphatic carbocycles. The smallest absolute Gasteiger partial charge is 0.246 e. The number of likely N-dealkylation sites (N-methyl/N-ethyl adjacent to an activating group) is 1. The fraction of sp³-hybridized carbons (Fsp3) is 0.278. The van der Waals surface area contributed by atoms with Gasteiger partial charge in [-0.3, -0.25) is 9.10 Å². The number of para-hydroxylation sites is 1. The van der Waals surface area contributed by atoms with E-state index in [9.17, 15) is 13.2 Å². The average Bonchev–Trinajstić information content (AvgIpc) is 2.54. The van der Waals surface area contributed by atoms with Gasteiger partial charge >= 0.3 is 0 Å². The summed E-state index contributed by atoms with van der Waals surface area (Å²) in [6, 6.07) is 17.4. The lowest BCUT2D eigenvalue weighted by molar-refractivity contribution is -0.131. The normalized spacial score (nSPS) is 12.5. The zero-order valence-corrected chi connectivity index (χ0v) is 14.9. The Morgan fingerprint density at radius 3 is 2.00 bits per heavy atom. The molecule has 6 heteroatoms. The van der Waals surface area contributed by atoms with Crippen molar-refractivity contribution in [2.75, 3.05) is 17.6 Å². The van der Waals surface area contributed by atoms with Crippen LogP contribution in [0.15, 0.2) is 60.7 Å². The molecule has 2 aromatic carbocycles. The molecule has 0 radical (unpaired) electrons. The van der Waals surface area contributed by atoms with E-state index < -0.39 is 16.1 Å². The number of hydrogen-bond donors (Lipinski definition) is 0. The van der Waals surface area contributed by atoms with Gasteiger partial charge in [0.25, 0.3) is 0 Å². The molecule has 2 rings (SSSR count). The van der Waals surface area contributed by atoms with Gasteiger partial charge in [-0.25, -0.2) is 8.42 Å². The first-order chi connectivity index (χ1) is 11.3. The molecule has 128 valence electrons. The molecule has 0 saturated carbocycles. The molecular formula is C18H22N2O3S. The minimum Gasteiger partial charge on any atom is -0.340 e. The fourth-order valence-corrected chi connectivity index (χ4v) is 3.80. The van der Waals surface area contributed by atoms with E-state index in [0.717, 1.165) is 16.1 Å². The Morgan fingerprint density at radius 1 is 1.00 bits per heavy atom. The molecule has 0 bridgehead atoms. The Bertz CT molecular complexity index is 776. The van der Waals surface area contributed by atoms with Crippen molar-refractivity contribution < 1.29 is 13.2 Å². The van der Waals surface area contributed by atoms with Gasteiger partial charge in [-0.2, -0.15) is 0 Å². The van der Waals surface area contributed by atoms with Crippen LogP contribution in [0.1, 0.15) is 12.5 Å². The summed E-state index contributed by atoms with van der Waals surface area (Å²) in [5.41, 5.74) is 1.47. The highest BCUT2D eigenvalue weighted by Crippen LogP contribution is 2.21. The van der Waals surface area contributed by atoms with Crippen LogP contribution in [0.2, 0.25) is 0 Å². The third kappa shape index (κ3) is 4.35. The molecule has 1 atom stereocenters. The first-order valence-electron chi connectivity index (χ1n) is 7.64. The number of benzene rings is 2. The molecule has 0 heterocycles. The maximum absolute atomic E-state index is 12.7. The minimum atomic E-state index is -3.58. The number of carbonyl (C=O) groups excluding carboxylic acids is 1. The van der Waals surface area contributed by atoms with Gasteiger partial charge in [0.2, 0.25) is 15.9 Å². The summed E-state index contributed by atoms with van der Waals surface area (Å²) in [5.74, 6) is -0.256. The van der Waals surface area contributed by atoms with Crippen LogP contribution in [-0.4, -0.2) is 38.6 Å². The lowest BCUT2D eigenvalue weighted by Gasteiger charge is -2.31. The number of nitrogens with zero attached hydrogens (tertiary/aromatic N) is 2. The highest BCUT2D eigenvalue weighted by molar-refractivity contribution is 7.92. The minimum absolute atomic E-state index is 0.256. The topological polar surface area (TPSA) is 57.7 Å². The summed E-state index contributed by atoms with van der Waals surface area (Å²) in [7, 11) is -1.90. The summed E-state index contributed by atoms with van der Waals surface area (Å²) >= 11 is 0.